The van der Waals surface area contributed by atoms with Crippen molar-refractivity contribution in [1.29, 1.82) is 0 Å². The van der Waals surface area contributed by atoms with Gasteiger partial charge in [-0.25, -0.2) is 0 Å². The molecule has 0 aliphatic carbocycles. The smallest absolute Gasteiger partial charge is 0.187 e. The summed E-state index contributed by atoms with van der Waals surface area (Å²) in [5.74, 6) is 0.879. The minimum Gasteiger partial charge on any atom is -0.494 e. The van der Waals surface area contributed by atoms with Crippen molar-refractivity contribution < 1.29 is 14.4 Å². The molecule has 1 heterocycles. The van der Waals surface area contributed by atoms with Crippen molar-refractivity contribution in [2.45, 2.75) is 13.3 Å². The monoisotopic (exact) mass is 351 g/mol. The second kappa shape index (κ2) is 11.0. The summed E-state index contributed by atoms with van der Waals surface area (Å²) in [6, 6.07) is 7.82. The highest BCUT2D eigenvalue weighted by Gasteiger charge is 2.12. The Morgan fingerprint density at radius 2 is 2.08 bits per heavy atom. The van der Waals surface area contributed by atoms with Gasteiger partial charge >= 0.3 is 0 Å². The summed E-state index contributed by atoms with van der Waals surface area (Å²) in [6.07, 6.45) is 2.75. The number of quaternary nitrogens is 1. The van der Waals surface area contributed by atoms with Crippen LogP contribution in [-0.2, 0) is 4.74 Å². The summed E-state index contributed by atoms with van der Waals surface area (Å²) in [7, 11) is 0. The van der Waals surface area contributed by atoms with Crippen molar-refractivity contribution in [3.05, 3.63) is 29.8 Å². The highest BCUT2D eigenvalue weighted by atomic mass is 32.1. The van der Waals surface area contributed by atoms with E-state index in [4.69, 9.17) is 21.7 Å². The van der Waals surface area contributed by atoms with E-state index in [1.165, 1.54) is 0 Å². The van der Waals surface area contributed by atoms with E-state index < -0.39 is 0 Å². The molecule has 0 aromatic heterocycles. The van der Waals surface area contributed by atoms with Crippen molar-refractivity contribution in [2.24, 2.45) is 5.10 Å². The molecular formula is C17H27N4O2S+. The summed E-state index contributed by atoms with van der Waals surface area (Å²) in [5.41, 5.74) is 3.83. The molecule has 0 amide bonds. The van der Waals surface area contributed by atoms with Gasteiger partial charge < -0.3 is 19.7 Å². The number of ether oxygens (including phenoxy) is 2. The van der Waals surface area contributed by atoms with Gasteiger partial charge in [0.2, 0.25) is 0 Å². The zero-order valence-corrected chi connectivity index (χ0v) is 15.0. The van der Waals surface area contributed by atoms with Crippen molar-refractivity contribution in [1.82, 2.24) is 10.7 Å². The Bertz CT molecular complexity index is 516. The highest BCUT2D eigenvalue weighted by molar-refractivity contribution is 7.80. The first kappa shape index (κ1) is 18.6. The Balaban J connectivity index is 1.62. The third kappa shape index (κ3) is 7.25. The second-order valence-electron chi connectivity index (χ2n) is 5.66. The van der Waals surface area contributed by atoms with Crippen LogP contribution in [0.1, 0.15) is 18.9 Å². The number of benzene rings is 1. The Morgan fingerprint density at radius 1 is 1.33 bits per heavy atom. The SMILES string of the molecule is CCCOc1ccc(/C=N\NC(=S)NCC[NH+]2CCOCC2)cc1. The molecule has 0 spiro atoms. The van der Waals surface area contributed by atoms with E-state index in [0.29, 0.717) is 5.11 Å². The molecule has 1 aliphatic heterocycles. The summed E-state index contributed by atoms with van der Waals surface area (Å²) >= 11 is 5.21. The number of morpholine rings is 1. The number of hydrogen-bond donors (Lipinski definition) is 3. The number of hydrogen-bond acceptors (Lipinski definition) is 4. The summed E-state index contributed by atoms with van der Waals surface area (Å²) in [6.45, 7) is 8.53. The molecule has 1 aromatic rings. The van der Waals surface area contributed by atoms with Gasteiger partial charge in [0.1, 0.15) is 18.8 Å². The number of nitrogens with one attached hydrogen (secondary N) is 3. The van der Waals surface area contributed by atoms with Gasteiger partial charge in [0.25, 0.3) is 0 Å². The van der Waals surface area contributed by atoms with E-state index in [-0.39, 0.29) is 0 Å². The van der Waals surface area contributed by atoms with Gasteiger partial charge in [-0.3, -0.25) is 5.43 Å². The van der Waals surface area contributed by atoms with Gasteiger partial charge in [-0.15, -0.1) is 0 Å². The molecule has 6 nitrogen and oxygen atoms in total. The average Bonchev–Trinajstić information content (AvgIpc) is 2.62. The Hall–Kier alpha value is -1.70. The molecule has 0 bridgehead atoms. The lowest BCUT2D eigenvalue weighted by atomic mass is 10.2. The van der Waals surface area contributed by atoms with E-state index in [2.05, 4.69) is 22.8 Å². The predicted octanol–water partition coefficient (Wildman–Crippen LogP) is 0.189. The number of hydrazone groups is 1. The molecule has 0 unspecified atom stereocenters. The normalized spacial score (nSPS) is 15.4. The molecule has 7 heteroatoms. The molecule has 1 fully saturated rings. The number of nitrogens with zero attached hydrogens (tertiary/aromatic N) is 1. The third-order valence-corrected chi connectivity index (χ3v) is 3.93. The van der Waals surface area contributed by atoms with E-state index in [1.54, 1.807) is 11.1 Å². The molecule has 0 saturated carbocycles. The zero-order chi connectivity index (χ0) is 17.0. The fraction of sp³-hybridized carbons (Fsp3) is 0.529. The third-order valence-electron chi connectivity index (χ3n) is 3.70. The van der Waals surface area contributed by atoms with Gasteiger partial charge in [0.15, 0.2) is 5.11 Å². The van der Waals surface area contributed by atoms with Crippen LogP contribution >= 0.6 is 12.2 Å². The van der Waals surface area contributed by atoms with Crippen molar-refractivity contribution >= 4 is 23.5 Å². The van der Waals surface area contributed by atoms with E-state index in [0.717, 1.165) is 63.7 Å². The van der Waals surface area contributed by atoms with Crippen LogP contribution in [0.2, 0.25) is 0 Å². The van der Waals surface area contributed by atoms with E-state index in [9.17, 15) is 0 Å². The number of thiocarbonyl (C=S) groups is 1. The molecule has 1 aromatic carbocycles. The minimum atomic E-state index is 0.543. The minimum absolute atomic E-state index is 0.543. The lowest BCUT2D eigenvalue weighted by Crippen LogP contribution is -3.14. The first-order chi connectivity index (χ1) is 11.8. The molecule has 0 radical (unpaired) electrons. The summed E-state index contributed by atoms with van der Waals surface area (Å²) < 4.78 is 10.9. The van der Waals surface area contributed by atoms with Crippen molar-refractivity contribution in [3.8, 4) is 5.75 Å². The molecule has 3 N–H and O–H groups in total. The van der Waals surface area contributed by atoms with Crippen molar-refractivity contribution in [3.63, 3.8) is 0 Å². The van der Waals surface area contributed by atoms with Crippen LogP contribution in [0.5, 0.6) is 5.75 Å². The van der Waals surface area contributed by atoms with Crippen molar-refractivity contribution in [2.75, 3.05) is 46.0 Å². The fourth-order valence-corrected chi connectivity index (χ4v) is 2.49. The highest BCUT2D eigenvalue weighted by Crippen LogP contribution is 2.11. The Labute approximate surface area is 149 Å². The van der Waals surface area contributed by atoms with Gasteiger partial charge in [-0.05, 0) is 48.5 Å². The first-order valence-corrected chi connectivity index (χ1v) is 8.90. The van der Waals surface area contributed by atoms with Crippen LogP contribution in [0.15, 0.2) is 29.4 Å². The fourth-order valence-electron chi connectivity index (χ4n) is 2.34. The van der Waals surface area contributed by atoms with Crippen LogP contribution in [0.4, 0.5) is 0 Å². The maximum atomic E-state index is 5.55. The maximum absolute atomic E-state index is 5.55. The molecule has 24 heavy (non-hydrogen) atoms. The molecule has 2 rings (SSSR count). The molecular weight excluding hydrogens is 324 g/mol. The molecule has 1 aliphatic rings. The maximum Gasteiger partial charge on any atom is 0.187 e. The Morgan fingerprint density at radius 3 is 2.79 bits per heavy atom. The lowest BCUT2D eigenvalue weighted by molar-refractivity contribution is -0.906. The first-order valence-electron chi connectivity index (χ1n) is 8.49. The van der Waals surface area contributed by atoms with Gasteiger partial charge in [-0.1, -0.05) is 6.92 Å². The van der Waals surface area contributed by atoms with Crippen LogP contribution in [0.3, 0.4) is 0 Å². The van der Waals surface area contributed by atoms with E-state index in [1.807, 2.05) is 24.3 Å². The standard InChI is InChI=1S/C17H26N4O2S/c1-2-11-23-16-5-3-15(4-6-16)14-19-20-17(24)18-7-8-21-9-12-22-13-10-21/h3-6,14H,2,7-13H2,1H3,(H2,18,20,24)/p+1/b19-14-. The number of rotatable bonds is 8. The molecule has 0 atom stereocenters. The average molecular weight is 351 g/mol. The van der Waals surface area contributed by atoms with Gasteiger partial charge in [-0.2, -0.15) is 5.10 Å². The van der Waals surface area contributed by atoms with E-state index >= 15 is 0 Å². The topological polar surface area (TPSA) is 59.3 Å². The van der Waals surface area contributed by atoms with Crippen LogP contribution in [0.25, 0.3) is 0 Å². The summed E-state index contributed by atoms with van der Waals surface area (Å²) in [5, 5.41) is 7.87. The summed E-state index contributed by atoms with van der Waals surface area (Å²) in [4.78, 5) is 1.55. The predicted molar refractivity (Wildman–Crippen MR) is 99.9 cm³/mol. The largest absolute Gasteiger partial charge is 0.494 e. The van der Waals surface area contributed by atoms with Crippen LogP contribution in [-0.4, -0.2) is 57.3 Å². The quantitative estimate of drug-likeness (QED) is 0.355. The second-order valence-corrected chi connectivity index (χ2v) is 6.06. The van der Waals surface area contributed by atoms with Crippen LogP contribution < -0.4 is 20.4 Å². The van der Waals surface area contributed by atoms with Gasteiger partial charge in [0, 0.05) is 0 Å². The Kier molecular flexibility index (Phi) is 8.51. The van der Waals surface area contributed by atoms with Crippen LogP contribution in [0, 0.1) is 0 Å². The zero-order valence-electron chi connectivity index (χ0n) is 14.2. The molecule has 132 valence electrons. The lowest BCUT2D eigenvalue weighted by Gasteiger charge is -2.23. The van der Waals surface area contributed by atoms with Gasteiger partial charge in [0.05, 0.1) is 39.1 Å². The molecule has 1 saturated heterocycles.